The van der Waals surface area contributed by atoms with E-state index in [9.17, 15) is 4.79 Å². The molecule has 0 aliphatic heterocycles. The van der Waals surface area contributed by atoms with E-state index in [0.717, 1.165) is 4.88 Å². The normalized spacial score (nSPS) is 12.4. The molecule has 1 aromatic heterocycles. The standard InChI is InChI=1S/C16H23NO2S/c1-12(16(2,3)4)11-17-15(19)14-9-8-13(20-14)7-5-6-10-18/h8-9,12,18H,6,10-11H2,1-4H3,(H,17,19). The van der Waals surface area contributed by atoms with E-state index in [4.69, 9.17) is 5.11 Å². The van der Waals surface area contributed by atoms with E-state index in [1.165, 1.54) is 11.3 Å². The molecule has 0 saturated carbocycles. The molecule has 2 N–H and O–H groups in total. The van der Waals surface area contributed by atoms with Crippen LogP contribution >= 0.6 is 11.3 Å². The summed E-state index contributed by atoms with van der Waals surface area (Å²) in [4.78, 5) is 13.6. The molecule has 20 heavy (non-hydrogen) atoms. The van der Waals surface area contributed by atoms with Crippen molar-refractivity contribution in [1.29, 1.82) is 0 Å². The minimum Gasteiger partial charge on any atom is -0.395 e. The number of carbonyl (C=O) groups excluding carboxylic acids is 1. The van der Waals surface area contributed by atoms with Crippen LogP contribution in [0.3, 0.4) is 0 Å². The smallest absolute Gasteiger partial charge is 0.261 e. The lowest BCUT2D eigenvalue weighted by molar-refractivity contribution is 0.0941. The van der Waals surface area contributed by atoms with E-state index in [-0.39, 0.29) is 17.9 Å². The average Bonchev–Trinajstić information content (AvgIpc) is 2.83. The predicted octanol–water partition coefficient (Wildman–Crippen LogP) is 2.89. The van der Waals surface area contributed by atoms with Gasteiger partial charge in [0.2, 0.25) is 0 Å². The highest BCUT2D eigenvalue weighted by Gasteiger charge is 2.20. The van der Waals surface area contributed by atoms with Gasteiger partial charge in [-0.2, -0.15) is 0 Å². The zero-order chi connectivity index (χ0) is 15.2. The summed E-state index contributed by atoms with van der Waals surface area (Å²) < 4.78 is 0. The summed E-state index contributed by atoms with van der Waals surface area (Å²) in [6.45, 7) is 9.39. The first-order valence-electron chi connectivity index (χ1n) is 6.82. The monoisotopic (exact) mass is 293 g/mol. The molecule has 1 aromatic rings. The topological polar surface area (TPSA) is 49.3 Å². The van der Waals surface area contributed by atoms with Crippen LogP contribution in [0.25, 0.3) is 0 Å². The number of thiophene rings is 1. The van der Waals surface area contributed by atoms with Gasteiger partial charge in [-0.1, -0.05) is 39.5 Å². The van der Waals surface area contributed by atoms with Crippen molar-refractivity contribution in [3.05, 3.63) is 21.9 Å². The fraction of sp³-hybridized carbons (Fsp3) is 0.562. The molecule has 0 saturated heterocycles. The Labute approximate surface area is 125 Å². The Morgan fingerprint density at radius 1 is 1.45 bits per heavy atom. The summed E-state index contributed by atoms with van der Waals surface area (Å²) in [5.41, 5.74) is 0.184. The van der Waals surface area contributed by atoms with Gasteiger partial charge in [0, 0.05) is 13.0 Å². The number of amides is 1. The lowest BCUT2D eigenvalue weighted by Crippen LogP contribution is -2.33. The van der Waals surface area contributed by atoms with Gasteiger partial charge in [0.25, 0.3) is 5.91 Å². The first-order chi connectivity index (χ1) is 9.34. The zero-order valence-corrected chi connectivity index (χ0v) is 13.4. The summed E-state index contributed by atoms with van der Waals surface area (Å²) in [5.74, 6) is 6.16. The molecule has 0 fully saturated rings. The minimum absolute atomic E-state index is 0.0405. The number of hydrogen-bond donors (Lipinski definition) is 2. The van der Waals surface area contributed by atoms with Crippen LogP contribution in [0, 0.1) is 23.2 Å². The van der Waals surface area contributed by atoms with E-state index in [1.54, 1.807) is 6.07 Å². The molecule has 1 atom stereocenters. The highest BCUT2D eigenvalue weighted by molar-refractivity contribution is 7.14. The maximum absolute atomic E-state index is 12.0. The first kappa shape index (κ1) is 16.7. The van der Waals surface area contributed by atoms with Crippen molar-refractivity contribution in [2.45, 2.75) is 34.1 Å². The fourth-order valence-corrected chi connectivity index (χ4v) is 2.17. The zero-order valence-electron chi connectivity index (χ0n) is 12.6. The molecule has 4 heteroatoms. The van der Waals surface area contributed by atoms with E-state index >= 15 is 0 Å². The summed E-state index contributed by atoms with van der Waals surface area (Å²) >= 11 is 1.38. The Bertz CT molecular complexity index is 503. The largest absolute Gasteiger partial charge is 0.395 e. The molecule has 0 aromatic carbocycles. The summed E-state index contributed by atoms with van der Waals surface area (Å²) in [6.07, 6.45) is 0.461. The predicted molar refractivity (Wildman–Crippen MR) is 83.9 cm³/mol. The van der Waals surface area contributed by atoms with Crippen LogP contribution < -0.4 is 5.32 Å². The summed E-state index contributed by atoms with van der Waals surface area (Å²) in [7, 11) is 0. The quantitative estimate of drug-likeness (QED) is 0.839. The Kier molecular flexibility index (Phi) is 6.25. The number of hydrogen-bond acceptors (Lipinski definition) is 3. The van der Waals surface area contributed by atoms with Crippen LogP contribution in [0.15, 0.2) is 12.1 Å². The van der Waals surface area contributed by atoms with Crippen molar-refractivity contribution in [2.75, 3.05) is 13.2 Å². The first-order valence-corrected chi connectivity index (χ1v) is 7.64. The minimum atomic E-state index is -0.0405. The lowest BCUT2D eigenvalue weighted by Gasteiger charge is -2.27. The second-order valence-electron chi connectivity index (χ2n) is 5.92. The van der Waals surface area contributed by atoms with Crippen molar-refractivity contribution in [2.24, 2.45) is 11.3 Å². The van der Waals surface area contributed by atoms with E-state index < -0.39 is 0 Å². The molecule has 1 heterocycles. The number of carbonyl (C=O) groups is 1. The molecule has 0 bridgehead atoms. The maximum atomic E-state index is 12.0. The van der Waals surface area contributed by atoms with Crippen molar-refractivity contribution in [3.8, 4) is 11.8 Å². The van der Waals surface area contributed by atoms with Crippen molar-refractivity contribution < 1.29 is 9.90 Å². The Hall–Kier alpha value is -1.31. The van der Waals surface area contributed by atoms with E-state index in [1.807, 2.05) is 6.07 Å². The third-order valence-electron chi connectivity index (χ3n) is 3.33. The van der Waals surface area contributed by atoms with Crippen LogP contribution in [-0.4, -0.2) is 24.2 Å². The Morgan fingerprint density at radius 3 is 2.75 bits per heavy atom. The molecule has 0 aliphatic rings. The summed E-state index contributed by atoms with van der Waals surface area (Å²) in [5, 5.41) is 11.6. The SMILES string of the molecule is CC(CNC(=O)c1ccc(C#CCCO)s1)C(C)(C)C. The second-order valence-corrected chi connectivity index (χ2v) is 7.00. The Morgan fingerprint density at radius 2 is 2.15 bits per heavy atom. The molecular weight excluding hydrogens is 270 g/mol. The molecule has 0 radical (unpaired) electrons. The lowest BCUT2D eigenvalue weighted by atomic mass is 9.82. The molecule has 1 rings (SSSR count). The fourth-order valence-electron chi connectivity index (χ4n) is 1.37. The molecule has 110 valence electrons. The Balaban J connectivity index is 2.55. The second kappa shape index (κ2) is 7.47. The van der Waals surface area contributed by atoms with Crippen LogP contribution in [0.1, 0.15) is 48.7 Å². The molecule has 0 spiro atoms. The maximum Gasteiger partial charge on any atom is 0.261 e. The van der Waals surface area contributed by atoms with Crippen LogP contribution in [-0.2, 0) is 0 Å². The van der Waals surface area contributed by atoms with Crippen molar-refractivity contribution in [1.82, 2.24) is 5.32 Å². The van der Waals surface area contributed by atoms with Gasteiger partial charge >= 0.3 is 0 Å². The number of rotatable bonds is 4. The molecule has 1 unspecified atom stereocenters. The van der Waals surface area contributed by atoms with Gasteiger partial charge in [0.05, 0.1) is 16.4 Å². The van der Waals surface area contributed by atoms with Gasteiger partial charge in [0.15, 0.2) is 0 Å². The van der Waals surface area contributed by atoms with Gasteiger partial charge in [-0.05, 0) is 23.5 Å². The highest BCUT2D eigenvalue weighted by atomic mass is 32.1. The van der Waals surface area contributed by atoms with E-state index in [0.29, 0.717) is 23.8 Å². The molecule has 1 amide bonds. The number of nitrogens with one attached hydrogen (secondary N) is 1. The number of aliphatic hydroxyl groups excluding tert-OH is 1. The number of aliphatic hydroxyl groups is 1. The molecular formula is C16H23NO2S. The molecule has 0 aliphatic carbocycles. The average molecular weight is 293 g/mol. The molecule has 3 nitrogen and oxygen atoms in total. The van der Waals surface area contributed by atoms with Crippen molar-refractivity contribution in [3.63, 3.8) is 0 Å². The van der Waals surface area contributed by atoms with Gasteiger partial charge in [-0.15, -0.1) is 11.3 Å². The van der Waals surface area contributed by atoms with Gasteiger partial charge in [-0.3, -0.25) is 4.79 Å². The van der Waals surface area contributed by atoms with Crippen LogP contribution in [0.2, 0.25) is 0 Å². The summed E-state index contributed by atoms with van der Waals surface area (Å²) in [6, 6.07) is 3.64. The van der Waals surface area contributed by atoms with Gasteiger partial charge < -0.3 is 10.4 Å². The van der Waals surface area contributed by atoms with E-state index in [2.05, 4.69) is 44.9 Å². The highest BCUT2D eigenvalue weighted by Crippen LogP contribution is 2.24. The third-order valence-corrected chi connectivity index (χ3v) is 4.32. The van der Waals surface area contributed by atoms with Crippen LogP contribution in [0.5, 0.6) is 0 Å². The third kappa shape index (κ3) is 5.36. The van der Waals surface area contributed by atoms with Crippen LogP contribution in [0.4, 0.5) is 0 Å². The van der Waals surface area contributed by atoms with Crippen molar-refractivity contribution >= 4 is 17.2 Å². The van der Waals surface area contributed by atoms with Gasteiger partial charge in [-0.25, -0.2) is 0 Å². The van der Waals surface area contributed by atoms with Gasteiger partial charge in [0.1, 0.15) is 0 Å².